The minimum absolute atomic E-state index is 0.128. The highest BCUT2D eigenvalue weighted by Crippen LogP contribution is 2.23. The van der Waals surface area contributed by atoms with Gasteiger partial charge in [-0.05, 0) is 30.5 Å². The lowest BCUT2D eigenvalue weighted by Gasteiger charge is -2.20. The quantitative estimate of drug-likeness (QED) is 0.257. The lowest BCUT2D eigenvalue weighted by atomic mass is 9.89. The van der Waals surface area contributed by atoms with Crippen molar-refractivity contribution in [3.05, 3.63) is 28.9 Å². The number of hydroxylamine groups is 1. The molecule has 0 aromatic carbocycles. The highest BCUT2D eigenvalue weighted by molar-refractivity contribution is 6.33. The van der Waals surface area contributed by atoms with Crippen molar-refractivity contribution in [2.45, 2.75) is 32.1 Å². The van der Waals surface area contributed by atoms with Crippen LogP contribution in [0.25, 0.3) is 6.08 Å². The van der Waals surface area contributed by atoms with Crippen molar-refractivity contribution in [3.63, 3.8) is 0 Å². The second-order valence-corrected chi connectivity index (χ2v) is 6.37. The van der Waals surface area contributed by atoms with Crippen molar-refractivity contribution in [1.82, 2.24) is 15.8 Å². The van der Waals surface area contributed by atoms with Crippen LogP contribution in [0.2, 0.25) is 5.02 Å². The fourth-order valence-electron chi connectivity index (χ4n) is 2.76. The van der Waals surface area contributed by atoms with E-state index in [2.05, 4.69) is 15.6 Å². The molecular formula is C17H23ClN4O3. The number of amides is 2. The molecule has 0 bridgehead atoms. The van der Waals surface area contributed by atoms with Gasteiger partial charge >= 0.3 is 0 Å². The fourth-order valence-corrected chi connectivity index (χ4v) is 3.00. The first-order valence-electron chi connectivity index (χ1n) is 8.39. The average Bonchev–Trinajstić information content (AvgIpc) is 2.65. The van der Waals surface area contributed by atoms with Crippen LogP contribution in [-0.2, 0) is 9.59 Å². The van der Waals surface area contributed by atoms with Crippen LogP contribution in [0.15, 0.2) is 18.3 Å². The zero-order chi connectivity index (χ0) is 18.1. The molecule has 136 valence electrons. The normalized spacial score (nSPS) is 15.1. The number of rotatable bonds is 7. The first-order chi connectivity index (χ1) is 12.1. The van der Waals surface area contributed by atoms with Crippen molar-refractivity contribution < 1.29 is 14.8 Å². The fraction of sp³-hybridized carbons (Fsp3) is 0.471. The molecule has 4 N–H and O–H groups in total. The van der Waals surface area contributed by atoms with Gasteiger partial charge in [0.15, 0.2) is 0 Å². The Bertz CT molecular complexity index is 630. The Morgan fingerprint density at radius 1 is 1.28 bits per heavy atom. The van der Waals surface area contributed by atoms with Crippen molar-refractivity contribution in [1.29, 1.82) is 0 Å². The summed E-state index contributed by atoms with van der Waals surface area (Å²) in [7, 11) is 0. The SMILES string of the molecule is O=C(/C=C/c1cnc(NCCNC(=O)C2CCCCC2)c(Cl)c1)NO. The molecule has 25 heavy (non-hydrogen) atoms. The van der Waals surface area contributed by atoms with E-state index in [1.165, 1.54) is 24.1 Å². The number of nitrogens with one attached hydrogen (secondary N) is 3. The van der Waals surface area contributed by atoms with Gasteiger partial charge in [-0.1, -0.05) is 30.9 Å². The number of nitrogens with zero attached hydrogens (tertiary/aromatic N) is 1. The molecule has 0 aliphatic heterocycles. The van der Waals surface area contributed by atoms with E-state index >= 15 is 0 Å². The first kappa shape index (κ1) is 19.2. The highest BCUT2D eigenvalue weighted by atomic mass is 35.5. The van der Waals surface area contributed by atoms with Gasteiger partial charge in [0, 0.05) is 31.3 Å². The maximum absolute atomic E-state index is 12.0. The Hall–Kier alpha value is -2.12. The zero-order valence-corrected chi connectivity index (χ0v) is 14.7. The highest BCUT2D eigenvalue weighted by Gasteiger charge is 2.20. The molecule has 0 atom stereocenters. The van der Waals surface area contributed by atoms with Gasteiger partial charge in [-0.15, -0.1) is 0 Å². The van der Waals surface area contributed by atoms with Crippen LogP contribution in [0.3, 0.4) is 0 Å². The van der Waals surface area contributed by atoms with Gasteiger partial charge in [0.05, 0.1) is 5.02 Å². The number of hydrogen-bond acceptors (Lipinski definition) is 5. The molecule has 0 radical (unpaired) electrons. The lowest BCUT2D eigenvalue weighted by molar-refractivity contribution is -0.126. The summed E-state index contributed by atoms with van der Waals surface area (Å²) in [5, 5.41) is 14.8. The van der Waals surface area contributed by atoms with Crippen LogP contribution in [-0.4, -0.2) is 35.1 Å². The van der Waals surface area contributed by atoms with Crippen LogP contribution in [0.1, 0.15) is 37.7 Å². The predicted octanol–water partition coefficient (Wildman–Crippen LogP) is 2.36. The van der Waals surface area contributed by atoms with Gasteiger partial charge < -0.3 is 10.6 Å². The van der Waals surface area contributed by atoms with Crippen molar-refractivity contribution in [3.8, 4) is 0 Å². The average molecular weight is 367 g/mol. The van der Waals surface area contributed by atoms with Gasteiger partial charge in [0.1, 0.15) is 5.82 Å². The Labute approximate surface area is 151 Å². The monoisotopic (exact) mass is 366 g/mol. The third-order valence-electron chi connectivity index (χ3n) is 4.09. The second kappa shape index (κ2) is 10.0. The minimum atomic E-state index is -0.632. The van der Waals surface area contributed by atoms with E-state index in [0.717, 1.165) is 25.7 Å². The molecule has 1 fully saturated rings. The Balaban J connectivity index is 1.76. The molecule has 7 nitrogen and oxygen atoms in total. The van der Waals surface area contributed by atoms with E-state index in [0.29, 0.717) is 29.5 Å². The van der Waals surface area contributed by atoms with Crippen LogP contribution < -0.4 is 16.1 Å². The molecule has 1 aliphatic carbocycles. The van der Waals surface area contributed by atoms with E-state index < -0.39 is 5.91 Å². The van der Waals surface area contributed by atoms with Crippen LogP contribution in [0.5, 0.6) is 0 Å². The van der Waals surface area contributed by atoms with Crippen LogP contribution in [0.4, 0.5) is 5.82 Å². The lowest BCUT2D eigenvalue weighted by Crippen LogP contribution is -2.35. The molecule has 2 rings (SSSR count). The van der Waals surface area contributed by atoms with Crippen LogP contribution in [0, 0.1) is 5.92 Å². The smallest absolute Gasteiger partial charge is 0.267 e. The molecule has 1 saturated carbocycles. The van der Waals surface area contributed by atoms with E-state index in [1.807, 2.05) is 0 Å². The van der Waals surface area contributed by atoms with Gasteiger partial charge in [-0.25, -0.2) is 10.5 Å². The van der Waals surface area contributed by atoms with E-state index in [9.17, 15) is 9.59 Å². The Morgan fingerprint density at radius 2 is 2.04 bits per heavy atom. The molecule has 0 spiro atoms. The van der Waals surface area contributed by atoms with Gasteiger partial charge in [-0.2, -0.15) is 0 Å². The molecule has 2 amide bonds. The maximum atomic E-state index is 12.0. The summed E-state index contributed by atoms with van der Waals surface area (Å²) < 4.78 is 0. The van der Waals surface area contributed by atoms with E-state index in [4.69, 9.17) is 16.8 Å². The number of carbonyl (C=O) groups is 2. The van der Waals surface area contributed by atoms with Crippen molar-refractivity contribution in [2.24, 2.45) is 5.92 Å². The summed E-state index contributed by atoms with van der Waals surface area (Å²) in [5.74, 6) is 0.158. The molecular weight excluding hydrogens is 344 g/mol. The molecule has 1 aromatic heterocycles. The summed E-state index contributed by atoms with van der Waals surface area (Å²) in [6.45, 7) is 1.03. The van der Waals surface area contributed by atoms with Gasteiger partial charge in [0.2, 0.25) is 5.91 Å². The summed E-state index contributed by atoms with van der Waals surface area (Å²) in [4.78, 5) is 27.2. The van der Waals surface area contributed by atoms with Crippen molar-refractivity contribution in [2.75, 3.05) is 18.4 Å². The largest absolute Gasteiger partial charge is 0.367 e. The topological polar surface area (TPSA) is 103 Å². The summed E-state index contributed by atoms with van der Waals surface area (Å²) in [5.41, 5.74) is 2.13. The zero-order valence-electron chi connectivity index (χ0n) is 13.9. The molecule has 1 aliphatic rings. The standard InChI is InChI=1S/C17H23ClN4O3/c18-14-10-12(6-7-15(23)22-25)11-21-16(14)19-8-9-20-17(24)13-4-2-1-3-5-13/h6-7,10-11,13,25H,1-5,8-9H2,(H,19,21)(H,20,24)(H,22,23)/b7-6+. The number of aromatic nitrogens is 1. The van der Waals surface area contributed by atoms with Gasteiger partial charge in [-0.3, -0.25) is 14.8 Å². The number of pyridine rings is 1. The number of halogens is 1. The van der Waals surface area contributed by atoms with Crippen molar-refractivity contribution >= 4 is 35.3 Å². The van der Waals surface area contributed by atoms with Crippen LogP contribution >= 0.6 is 11.6 Å². The third-order valence-corrected chi connectivity index (χ3v) is 4.38. The van der Waals surface area contributed by atoms with Gasteiger partial charge in [0.25, 0.3) is 5.91 Å². The van der Waals surface area contributed by atoms with E-state index in [1.54, 1.807) is 12.3 Å². The molecule has 1 heterocycles. The first-order valence-corrected chi connectivity index (χ1v) is 8.77. The predicted molar refractivity (Wildman–Crippen MR) is 96.3 cm³/mol. The van der Waals surface area contributed by atoms with E-state index in [-0.39, 0.29) is 11.8 Å². The summed E-state index contributed by atoms with van der Waals surface area (Å²) in [6, 6.07) is 1.65. The summed E-state index contributed by atoms with van der Waals surface area (Å²) in [6.07, 6.45) is 9.67. The Morgan fingerprint density at radius 3 is 2.72 bits per heavy atom. The maximum Gasteiger partial charge on any atom is 0.267 e. The molecule has 0 saturated heterocycles. The molecule has 1 aromatic rings. The Kier molecular flexibility index (Phi) is 7.69. The number of hydrogen-bond donors (Lipinski definition) is 4. The third kappa shape index (κ3) is 6.36. The minimum Gasteiger partial charge on any atom is -0.367 e. The summed E-state index contributed by atoms with van der Waals surface area (Å²) >= 11 is 6.15. The number of anilines is 1. The second-order valence-electron chi connectivity index (χ2n) is 5.96. The molecule has 8 heteroatoms. The number of carbonyl (C=O) groups excluding carboxylic acids is 2. The molecule has 0 unspecified atom stereocenters.